The number of amides is 1. The monoisotopic (exact) mass is 318 g/mol. The van der Waals surface area contributed by atoms with Crippen molar-refractivity contribution in [3.8, 4) is 11.5 Å². The second kappa shape index (κ2) is 8.17. The fraction of sp³-hybridized carbons (Fsp3) is 0.438. The first-order valence-corrected chi connectivity index (χ1v) is 7.57. The molecule has 124 valence electrons. The largest absolute Gasteiger partial charge is 0.490 e. The Morgan fingerprint density at radius 2 is 2.00 bits per heavy atom. The van der Waals surface area contributed by atoms with Crippen LogP contribution in [-0.4, -0.2) is 52.4 Å². The van der Waals surface area contributed by atoms with Gasteiger partial charge in [-0.1, -0.05) is 12.1 Å². The average Bonchev–Trinajstić information content (AvgIpc) is 3.09. The van der Waals surface area contributed by atoms with E-state index in [4.69, 9.17) is 9.47 Å². The maximum absolute atomic E-state index is 12.3. The number of benzene rings is 1. The fourth-order valence-electron chi connectivity index (χ4n) is 2.10. The van der Waals surface area contributed by atoms with E-state index in [1.165, 1.54) is 17.3 Å². The highest BCUT2D eigenvalue weighted by molar-refractivity contribution is 5.79. The first-order valence-electron chi connectivity index (χ1n) is 7.57. The van der Waals surface area contributed by atoms with Crippen molar-refractivity contribution >= 4 is 5.91 Å². The van der Waals surface area contributed by atoms with Crippen LogP contribution in [0, 0.1) is 0 Å². The van der Waals surface area contributed by atoms with E-state index in [2.05, 4.69) is 10.1 Å². The summed E-state index contributed by atoms with van der Waals surface area (Å²) in [5.74, 6) is 1.34. The van der Waals surface area contributed by atoms with Crippen LogP contribution in [0.5, 0.6) is 11.5 Å². The number of aromatic nitrogens is 3. The molecule has 1 aromatic carbocycles. The summed E-state index contributed by atoms with van der Waals surface area (Å²) < 4.78 is 12.8. The van der Waals surface area contributed by atoms with E-state index in [-0.39, 0.29) is 5.91 Å². The summed E-state index contributed by atoms with van der Waals surface area (Å²) in [6.45, 7) is 5.15. The molecule has 1 heterocycles. The van der Waals surface area contributed by atoms with Gasteiger partial charge in [0.05, 0.1) is 13.2 Å². The Hall–Kier alpha value is -2.57. The van der Waals surface area contributed by atoms with Gasteiger partial charge in [-0.2, -0.15) is 5.10 Å². The van der Waals surface area contributed by atoms with Crippen molar-refractivity contribution in [1.29, 1.82) is 0 Å². The standard InChI is InChI=1S/C16H22N4O3/c1-4-22-14-7-5-6-8-15(14)23-10-9-19(3)16(21)13(2)20-12-17-11-18-20/h5-8,11-13H,4,9-10H2,1-3H3/t13-/m0/s1. The SMILES string of the molecule is CCOc1ccccc1OCCN(C)C(=O)[C@H](C)n1cncn1. The van der Waals surface area contributed by atoms with Crippen LogP contribution in [0.2, 0.25) is 0 Å². The van der Waals surface area contributed by atoms with Gasteiger partial charge in [0, 0.05) is 7.05 Å². The number of carbonyl (C=O) groups is 1. The van der Waals surface area contributed by atoms with Crippen LogP contribution in [0.25, 0.3) is 0 Å². The highest BCUT2D eigenvalue weighted by atomic mass is 16.5. The van der Waals surface area contributed by atoms with Crippen molar-refractivity contribution in [2.45, 2.75) is 19.9 Å². The van der Waals surface area contributed by atoms with E-state index in [0.29, 0.717) is 31.3 Å². The Morgan fingerprint density at radius 1 is 1.30 bits per heavy atom. The number of likely N-dealkylation sites (N-methyl/N-ethyl adjacent to an activating group) is 1. The minimum Gasteiger partial charge on any atom is -0.490 e. The quantitative estimate of drug-likeness (QED) is 0.742. The third kappa shape index (κ3) is 4.45. The summed E-state index contributed by atoms with van der Waals surface area (Å²) in [5, 5.41) is 3.99. The molecular weight excluding hydrogens is 296 g/mol. The molecule has 1 aromatic heterocycles. The van der Waals surface area contributed by atoms with Gasteiger partial charge in [0.25, 0.3) is 0 Å². The van der Waals surface area contributed by atoms with Crippen molar-refractivity contribution < 1.29 is 14.3 Å². The van der Waals surface area contributed by atoms with E-state index in [9.17, 15) is 4.79 Å². The van der Waals surface area contributed by atoms with Gasteiger partial charge in [0.15, 0.2) is 11.5 Å². The molecule has 2 aromatic rings. The molecule has 0 aliphatic heterocycles. The lowest BCUT2D eigenvalue weighted by molar-refractivity contribution is -0.133. The number of hydrogen-bond donors (Lipinski definition) is 0. The number of ether oxygens (including phenoxy) is 2. The number of carbonyl (C=O) groups excluding carboxylic acids is 1. The normalized spacial score (nSPS) is 11.8. The second-order valence-corrected chi connectivity index (χ2v) is 5.04. The van der Waals surface area contributed by atoms with Gasteiger partial charge in [-0.25, -0.2) is 9.67 Å². The lowest BCUT2D eigenvalue weighted by Gasteiger charge is -2.21. The predicted molar refractivity (Wildman–Crippen MR) is 85.5 cm³/mol. The van der Waals surface area contributed by atoms with Crippen LogP contribution in [0.3, 0.4) is 0 Å². The summed E-state index contributed by atoms with van der Waals surface area (Å²) in [5.41, 5.74) is 0. The Bertz CT molecular complexity index is 616. The first kappa shape index (κ1) is 16.8. The third-order valence-corrected chi connectivity index (χ3v) is 3.40. The van der Waals surface area contributed by atoms with Gasteiger partial charge in [-0.05, 0) is 26.0 Å². The molecule has 0 aliphatic carbocycles. The second-order valence-electron chi connectivity index (χ2n) is 5.04. The minimum atomic E-state index is -0.391. The van der Waals surface area contributed by atoms with Crippen LogP contribution in [0.15, 0.2) is 36.9 Å². The van der Waals surface area contributed by atoms with Crippen LogP contribution in [0.1, 0.15) is 19.9 Å². The summed E-state index contributed by atoms with van der Waals surface area (Å²) in [6.07, 6.45) is 2.95. The maximum atomic E-state index is 12.3. The van der Waals surface area contributed by atoms with Crippen molar-refractivity contribution in [2.24, 2.45) is 0 Å². The smallest absolute Gasteiger partial charge is 0.247 e. The third-order valence-electron chi connectivity index (χ3n) is 3.40. The molecule has 1 atom stereocenters. The van der Waals surface area contributed by atoms with E-state index in [0.717, 1.165) is 0 Å². The van der Waals surface area contributed by atoms with E-state index in [1.54, 1.807) is 18.9 Å². The zero-order valence-electron chi connectivity index (χ0n) is 13.7. The molecule has 0 fully saturated rings. The van der Waals surface area contributed by atoms with Crippen molar-refractivity contribution in [3.05, 3.63) is 36.9 Å². The van der Waals surface area contributed by atoms with Gasteiger partial charge < -0.3 is 14.4 Å². The molecule has 0 aliphatic rings. The van der Waals surface area contributed by atoms with E-state index in [1.807, 2.05) is 31.2 Å². The highest BCUT2D eigenvalue weighted by Crippen LogP contribution is 2.26. The minimum absolute atomic E-state index is 0.0443. The average molecular weight is 318 g/mol. The Balaban J connectivity index is 1.85. The predicted octanol–water partition coefficient (Wildman–Crippen LogP) is 1.78. The lowest BCUT2D eigenvalue weighted by atomic mass is 10.3. The van der Waals surface area contributed by atoms with Crippen LogP contribution >= 0.6 is 0 Å². The molecule has 0 radical (unpaired) electrons. The molecule has 7 nitrogen and oxygen atoms in total. The van der Waals surface area contributed by atoms with Gasteiger partial charge in [0.2, 0.25) is 5.91 Å². The number of rotatable bonds is 8. The van der Waals surface area contributed by atoms with E-state index < -0.39 is 6.04 Å². The topological polar surface area (TPSA) is 69.5 Å². The zero-order valence-corrected chi connectivity index (χ0v) is 13.7. The zero-order chi connectivity index (χ0) is 16.7. The Kier molecular flexibility index (Phi) is 5.96. The van der Waals surface area contributed by atoms with Crippen LogP contribution < -0.4 is 9.47 Å². The molecule has 0 bridgehead atoms. The van der Waals surface area contributed by atoms with Gasteiger partial charge in [-0.3, -0.25) is 4.79 Å². The molecule has 2 rings (SSSR count). The Labute approximate surface area is 135 Å². The molecule has 0 saturated carbocycles. The van der Waals surface area contributed by atoms with Gasteiger partial charge in [0.1, 0.15) is 25.3 Å². The summed E-state index contributed by atoms with van der Waals surface area (Å²) in [6, 6.07) is 7.11. The highest BCUT2D eigenvalue weighted by Gasteiger charge is 2.19. The Morgan fingerprint density at radius 3 is 2.61 bits per heavy atom. The van der Waals surface area contributed by atoms with Crippen molar-refractivity contribution in [2.75, 3.05) is 26.8 Å². The van der Waals surface area contributed by atoms with Gasteiger partial charge in [-0.15, -0.1) is 0 Å². The number of para-hydroxylation sites is 2. The molecular formula is C16H22N4O3. The number of nitrogens with zero attached hydrogens (tertiary/aromatic N) is 4. The lowest BCUT2D eigenvalue weighted by Crippen LogP contribution is -2.36. The first-order chi connectivity index (χ1) is 11.1. The van der Waals surface area contributed by atoms with Crippen LogP contribution in [-0.2, 0) is 4.79 Å². The fourth-order valence-corrected chi connectivity index (χ4v) is 2.10. The molecule has 0 unspecified atom stereocenters. The van der Waals surface area contributed by atoms with E-state index >= 15 is 0 Å². The van der Waals surface area contributed by atoms with Crippen LogP contribution in [0.4, 0.5) is 0 Å². The van der Waals surface area contributed by atoms with Crippen molar-refractivity contribution in [3.63, 3.8) is 0 Å². The molecule has 1 amide bonds. The molecule has 0 spiro atoms. The summed E-state index contributed by atoms with van der Waals surface area (Å²) in [4.78, 5) is 17.8. The van der Waals surface area contributed by atoms with Crippen molar-refractivity contribution in [1.82, 2.24) is 19.7 Å². The maximum Gasteiger partial charge on any atom is 0.247 e. The molecule has 0 N–H and O–H groups in total. The molecule has 23 heavy (non-hydrogen) atoms. The summed E-state index contributed by atoms with van der Waals surface area (Å²) in [7, 11) is 1.74. The molecule has 0 saturated heterocycles. The summed E-state index contributed by atoms with van der Waals surface area (Å²) >= 11 is 0. The van der Waals surface area contributed by atoms with Gasteiger partial charge >= 0.3 is 0 Å². The number of hydrogen-bond acceptors (Lipinski definition) is 5. The molecule has 7 heteroatoms.